The maximum Gasteiger partial charge on any atom is 0.293 e. The molecule has 1 atom stereocenters. The van der Waals surface area contributed by atoms with E-state index in [9.17, 15) is 23.3 Å². The average molecular weight is 956 g/mol. The van der Waals surface area contributed by atoms with Crippen molar-refractivity contribution < 1.29 is 32.0 Å². The van der Waals surface area contributed by atoms with Gasteiger partial charge in [0.1, 0.15) is 22.7 Å². The molecule has 1 aliphatic carbocycles. The lowest BCUT2D eigenvalue weighted by atomic mass is 9.72. The van der Waals surface area contributed by atoms with Crippen molar-refractivity contribution in [2.24, 2.45) is 5.41 Å². The highest BCUT2D eigenvalue weighted by atomic mass is 35.5. The normalized spacial score (nSPS) is 19.9. The number of halogens is 2. The summed E-state index contributed by atoms with van der Waals surface area (Å²) in [5.41, 5.74) is 4.68. The number of piperazine rings is 1. The molecule has 5 aromatic rings. The lowest BCUT2D eigenvalue weighted by Crippen LogP contribution is -2.47. The first-order valence-electron chi connectivity index (χ1n) is 22.9. The zero-order valence-electron chi connectivity index (χ0n) is 37.9. The number of rotatable bonds is 12. The average Bonchev–Trinajstić information content (AvgIpc) is 3.70. The van der Waals surface area contributed by atoms with Crippen LogP contribution in [0.15, 0.2) is 89.5 Å². The maximum atomic E-state index is 15.3. The van der Waals surface area contributed by atoms with E-state index in [1.54, 1.807) is 12.3 Å². The van der Waals surface area contributed by atoms with Crippen LogP contribution in [-0.4, -0.2) is 105 Å². The van der Waals surface area contributed by atoms with Crippen LogP contribution in [0.1, 0.15) is 75.2 Å². The van der Waals surface area contributed by atoms with E-state index in [-0.39, 0.29) is 55.4 Å². The van der Waals surface area contributed by atoms with Gasteiger partial charge in [-0.3, -0.25) is 19.8 Å². The second-order valence-corrected chi connectivity index (χ2v) is 21.1. The standard InChI is InChI=1S/C49H56ClFN8O7S/c1-32-14-19-58(44-26-34-13-18-52-45(34)54-47(44)66-32)42-27-37(57-22-20-56(21-23-57)30-35-12-15-48(2,3)29-40(35)33-4-6-36(50)7-5-33)8-10-39(42)46(60)55-67(63,64)38-9-11-41(43(28-38)59(61)62)53-31-49(51)16-24-65-25-17-49/h4-11,13,18,26-28,32,53H,12,14-17,19-25,29-31H2,1-3H3,(H,52,54)(H,55,60)/t32-/m0/s1. The Hall–Kier alpha value is -5.75. The fourth-order valence-corrected chi connectivity index (χ4v) is 10.7. The third kappa shape index (κ3) is 10.2. The number of allylic oxidation sites excluding steroid dienone is 1. The van der Waals surface area contributed by atoms with Crippen LogP contribution in [0.5, 0.6) is 5.88 Å². The number of hydrogen-bond acceptors (Lipinski definition) is 12. The predicted molar refractivity (Wildman–Crippen MR) is 259 cm³/mol. The molecule has 5 heterocycles. The van der Waals surface area contributed by atoms with Gasteiger partial charge in [0.05, 0.1) is 27.2 Å². The van der Waals surface area contributed by atoms with Gasteiger partial charge in [0.2, 0.25) is 5.88 Å². The topological polar surface area (TPSA) is 175 Å². The third-order valence-corrected chi connectivity index (χ3v) is 15.2. The number of nitrogens with zero attached hydrogens (tertiary/aromatic N) is 5. The Labute approximate surface area is 394 Å². The molecule has 67 heavy (non-hydrogen) atoms. The summed E-state index contributed by atoms with van der Waals surface area (Å²) in [5, 5.41) is 16.6. The third-order valence-electron chi connectivity index (χ3n) is 13.6. The van der Waals surface area contributed by atoms with Gasteiger partial charge in [-0.1, -0.05) is 43.2 Å². The number of aromatic amines is 1. The minimum atomic E-state index is -4.66. The van der Waals surface area contributed by atoms with Crippen LogP contribution in [0.2, 0.25) is 5.02 Å². The van der Waals surface area contributed by atoms with Gasteiger partial charge >= 0.3 is 0 Å². The van der Waals surface area contributed by atoms with Crippen LogP contribution in [0.25, 0.3) is 16.6 Å². The predicted octanol–water partition coefficient (Wildman–Crippen LogP) is 9.27. The Morgan fingerprint density at radius 1 is 0.985 bits per heavy atom. The van der Waals surface area contributed by atoms with Crippen molar-refractivity contribution in [2.45, 2.75) is 76.0 Å². The van der Waals surface area contributed by atoms with Crippen molar-refractivity contribution >= 4 is 72.6 Å². The van der Waals surface area contributed by atoms with Crippen molar-refractivity contribution in [3.05, 3.63) is 111 Å². The number of nitro benzene ring substituents is 1. The molecule has 354 valence electrons. The van der Waals surface area contributed by atoms with Gasteiger partial charge in [-0.25, -0.2) is 17.5 Å². The summed E-state index contributed by atoms with van der Waals surface area (Å²) < 4.78 is 57.1. The van der Waals surface area contributed by atoms with Gasteiger partial charge in [0.25, 0.3) is 21.6 Å². The number of sulfonamides is 1. The van der Waals surface area contributed by atoms with Crippen molar-refractivity contribution in [3.63, 3.8) is 0 Å². The van der Waals surface area contributed by atoms with Crippen LogP contribution < -0.4 is 24.6 Å². The molecule has 2 saturated heterocycles. The first-order chi connectivity index (χ1) is 32.0. The second-order valence-electron chi connectivity index (χ2n) is 19.0. The Morgan fingerprint density at radius 3 is 2.49 bits per heavy atom. The van der Waals surface area contributed by atoms with Gasteiger partial charge in [0.15, 0.2) is 0 Å². The van der Waals surface area contributed by atoms with E-state index >= 15 is 4.39 Å². The Kier molecular flexibility index (Phi) is 13.0. The summed E-state index contributed by atoms with van der Waals surface area (Å²) in [4.78, 5) is 40.1. The number of nitro groups is 1. The lowest BCUT2D eigenvalue weighted by Gasteiger charge is -2.39. The summed E-state index contributed by atoms with van der Waals surface area (Å²) in [6.45, 7) is 11.2. The van der Waals surface area contributed by atoms with Gasteiger partial charge < -0.3 is 29.6 Å². The van der Waals surface area contributed by atoms with E-state index in [1.165, 1.54) is 22.8 Å². The molecule has 9 rings (SSSR count). The molecule has 2 aromatic heterocycles. The first-order valence-corrected chi connectivity index (χ1v) is 24.8. The molecule has 0 unspecified atom stereocenters. The molecule has 4 aliphatic rings. The fraction of sp³-hybridized carbons (Fsp3) is 0.429. The van der Waals surface area contributed by atoms with E-state index in [2.05, 4.69) is 50.8 Å². The number of alkyl halides is 1. The summed E-state index contributed by atoms with van der Waals surface area (Å²) in [6.07, 6.45) is 5.55. The monoisotopic (exact) mass is 954 g/mol. The van der Waals surface area contributed by atoms with Crippen molar-refractivity contribution in [3.8, 4) is 5.88 Å². The minimum Gasteiger partial charge on any atom is -0.473 e. The molecule has 0 saturated carbocycles. The van der Waals surface area contributed by atoms with Crippen LogP contribution in [-0.2, 0) is 14.8 Å². The van der Waals surface area contributed by atoms with Crippen LogP contribution in [0, 0.1) is 15.5 Å². The largest absolute Gasteiger partial charge is 0.473 e. The van der Waals surface area contributed by atoms with Gasteiger partial charge in [-0.2, -0.15) is 4.98 Å². The number of pyridine rings is 1. The number of aromatic nitrogens is 2. The smallest absolute Gasteiger partial charge is 0.293 e. The molecule has 1 amide bonds. The molecule has 0 bridgehead atoms. The van der Waals surface area contributed by atoms with Gasteiger partial charge in [-0.05, 0) is 97.3 Å². The zero-order valence-corrected chi connectivity index (χ0v) is 39.5. The number of carbonyl (C=O) groups is 1. The van der Waals surface area contributed by atoms with E-state index in [1.807, 2.05) is 48.2 Å². The molecule has 3 aromatic carbocycles. The molecule has 18 heteroatoms. The maximum absolute atomic E-state index is 15.3. The Balaban J connectivity index is 0.997. The molecule has 0 spiro atoms. The summed E-state index contributed by atoms with van der Waals surface area (Å²) in [5.74, 6) is -0.557. The molecular formula is C49H56ClFN8O7S. The highest BCUT2D eigenvalue weighted by Crippen LogP contribution is 2.44. The Bertz CT molecular complexity index is 2820. The number of carbonyl (C=O) groups excluding carboxylic acids is 1. The van der Waals surface area contributed by atoms with E-state index < -0.39 is 37.1 Å². The number of amides is 1. The number of fused-ring (bicyclic) bond motifs is 2. The van der Waals surface area contributed by atoms with Gasteiger partial charge in [0, 0.05) is 107 Å². The molecule has 15 nitrogen and oxygen atoms in total. The Morgan fingerprint density at radius 2 is 1.75 bits per heavy atom. The number of hydrogen-bond donors (Lipinski definition) is 3. The summed E-state index contributed by atoms with van der Waals surface area (Å²) in [6, 6.07) is 20.6. The molecule has 3 aliphatic heterocycles. The molecular weight excluding hydrogens is 899 g/mol. The zero-order chi connectivity index (χ0) is 47.1. The lowest BCUT2D eigenvalue weighted by molar-refractivity contribution is -0.384. The summed E-state index contributed by atoms with van der Waals surface area (Å²) >= 11 is 6.27. The molecule has 3 N–H and O–H groups in total. The van der Waals surface area contributed by atoms with E-state index in [4.69, 9.17) is 26.1 Å². The van der Waals surface area contributed by atoms with Crippen LogP contribution in [0.4, 0.5) is 32.8 Å². The number of ether oxygens (including phenoxy) is 2. The minimum absolute atomic E-state index is 0.0447. The van der Waals surface area contributed by atoms with E-state index in [0.29, 0.717) is 35.9 Å². The second kappa shape index (κ2) is 18.7. The van der Waals surface area contributed by atoms with Crippen molar-refractivity contribution in [1.82, 2.24) is 19.6 Å². The number of anilines is 4. The highest BCUT2D eigenvalue weighted by Gasteiger charge is 2.35. The van der Waals surface area contributed by atoms with E-state index in [0.717, 1.165) is 80.2 Å². The SMILES string of the molecule is C[C@H]1CCN(c2cc(N3CCN(CC4=C(c5ccc(Cl)cc5)CC(C)(C)CC4)CC3)ccc2C(=O)NS(=O)(=O)c2ccc(NCC3(F)CCOCC3)c([N+](=O)[O-])c2)c2cc3cc[nH]c3nc2O1. The highest BCUT2D eigenvalue weighted by molar-refractivity contribution is 7.90. The van der Waals surface area contributed by atoms with Crippen molar-refractivity contribution in [2.75, 3.05) is 74.1 Å². The summed E-state index contributed by atoms with van der Waals surface area (Å²) in [7, 11) is -4.66. The van der Waals surface area contributed by atoms with Crippen LogP contribution >= 0.6 is 11.6 Å². The fourth-order valence-electron chi connectivity index (χ4n) is 9.58. The molecule has 0 radical (unpaired) electrons. The molecule has 2 fully saturated rings. The van der Waals surface area contributed by atoms with Gasteiger partial charge in [-0.15, -0.1) is 0 Å². The quantitative estimate of drug-likeness (QED) is 0.0800. The van der Waals surface area contributed by atoms with Crippen molar-refractivity contribution in [1.29, 1.82) is 0 Å². The number of H-pyrrole nitrogens is 1. The number of benzene rings is 3. The first kappa shape index (κ1) is 46.4. The van der Waals surface area contributed by atoms with Crippen LogP contribution in [0.3, 0.4) is 0 Å². The number of nitrogens with one attached hydrogen (secondary N) is 3.